The lowest BCUT2D eigenvalue weighted by atomic mass is 9.46. The zero-order chi connectivity index (χ0) is 54.7. The molecule has 0 radical (unpaired) electrons. The van der Waals surface area contributed by atoms with Crippen LogP contribution in [0.1, 0.15) is 115 Å². The van der Waals surface area contributed by atoms with Gasteiger partial charge in [0.25, 0.3) is 0 Å². The summed E-state index contributed by atoms with van der Waals surface area (Å²) < 4.78 is 10.6. The fourth-order valence-electron chi connectivity index (χ4n) is 20.3. The summed E-state index contributed by atoms with van der Waals surface area (Å²) in [5.41, 5.74) is 22.9. The van der Waals surface area contributed by atoms with Crippen molar-refractivity contribution < 1.29 is 4.42 Å². The maximum absolute atomic E-state index is 7.81. The molecule has 0 unspecified atom stereocenters. The van der Waals surface area contributed by atoms with Gasteiger partial charge in [0.2, 0.25) is 0 Å². The number of fused-ring (bicyclic) bond motifs is 10. The van der Waals surface area contributed by atoms with Crippen LogP contribution in [-0.2, 0) is 16.2 Å². The highest BCUT2D eigenvalue weighted by Gasteiger charge is 2.55. The first-order valence-electron chi connectivity index (χ1n) is 31.8. The molecule has 9 aromatic carbocycles. The molecule has 21 rings (SSSR count). The van der Waals surface area contributed by atoms with Crippen molar-refractivity contribution in [3.63, 3.8) is 0 Å². The van der Waals surface area contributed by atoms with Gasteiger partial charge < -0.3 is 18.7 Å². The molecule has 0 saturated heterocycles. The molecule has 2 aromatic heterocycles. The molecule has 0 spiro atoms. The van der Waals surface area contributed by atoms with Gasteiger partial charge in [0.1, 0.15) is 11.2 Å². The summed E-state index contributed by atoms with van der Waals surface area (Å²) in [5.74, 6) is 5.14. The quantitative estimate of drug-likeness (QED) is 0.149. The second-order valence-corrected chi connectivity index (χ2v) is 28.9. The molecule has 0 atom stereocenters. The first-order valence-corrected chi connectivity index (χ1v) is 31.8. The molecule has 8 bridgehead atoms. The van der Waals surface area contributed by atoms with Gasteiger partial charge in [0.05, 0.1) is 11.4 Å². The van der Waals surface area contributed by atoms with Gasteiger partial charge in [-0.3, -0.25) is 0 Å². The van der Waals surface area contributed by atoms with Gasteiger partial charge in [-0.15, -0.1) is 0 Å². The molecule has 0 N–H and O–H groups in total. The van der Waals surface area contributed by atoms with Gasteiger partial charge in [0.15, 0.2) is 0 Å². The molecule has 10 aliphatic rings. The van der Waals surface area contributed by atoms with Crippen LogP contribution in [-0.4, -0.2) is 11.3 Å². The lowest BCUT2D eigenvalue weighted by Gasteiger charge is -2.57. The van der Waals surface area contributed by atoms with Crippen LogP contribution in [0.4, 0.5) is 34.1 Å². The summed E-state index contributed by atoms with van der Waals surface area (Å²) in [7, 11) is 0. The van der Waals surface area contributed by atoms with Crippen molar-refractivity contribution in [2.24, 2.45) is 35.5 Å². The number of benzene rings is 9. The Morgan fingerprint density at radius 3 is 1.65 bits per heavy atom. The van der Waals surface area contributed by atoms with E-state index in [1.165, 1.54) is 149 Å². The number of hydrogen-bond acceptors (Lipinski definition) is 3. The van der Waals surface area contributed by atoms with Gasteiger partial charge in [-0.25, -0.2) is 0 Å². The second kappa shape index (κ2) is 17.0. The Morgan fingerprint density at radius 2 is 1.04 bits per heavy atom. The number of furan rings is 1. The molecule has 8 aliphatic carbocycles. The Hall–Kier alpha value is -7.76. The molecule has 406 valence electrons. The van der Waals surface area contributed by atoms with Crippen LogP contribution in [0.15, 0.2) is 192 Å². The van der Waals surface area contributed by atoms with E-state index in [0.29, 0.717) is 0 Å². The third-order valence-corrected chi connectivity index (χ3v) is 22.9. The Labute approximate surface area is 488 Å². The Morgan fingerprint density at radius 1 is 0.470 bits per heavy atom. The summed E-state index contributed by atoms with van der Waals surface area (Å²) in [6.45, 7) is 6.80. The molecule has 5 heteroatoms. The number of rotatable bonds is 7. The minimum Gasteiger partial charge on any atom is -0.466 e. The Balaban J connectivity index is 0.967. The van der Waals surface area contributed by atoms with E-state index < -0.39 is 0 Å². The maximum atomic E-state index is 7.81. The SMILES string of the molecule is CC(C)(C)c1ccc(N2c3cc(N(c4ccccc4)c4ccccc4)cc4c3B(c3oc5cc6ccccc6cc5c32)n2c3ccc(C56CC7CC(CC(C7)C5)C6)cc3c3cc(C56CC7CC(CC(C7)C5)C6)cc-4c32)c(-c2ccccc2)c1. The molecule has 11 aromatic rings. The summed E-state index contributed by atoms with van der Waals surface area (Å²) in [4.78, 5) is 5.18. The van der Waals surface area contributed by atoms with E-state index in [-0.39, 0.29) is 23.1 Å². The van der Waals surface area contributed by atoms with Crippen molar-refractivity contribution in [1.82, 2.24) is 4.48 Å². The third-order valence-electron chi connectivity index (χ3n) is 22.9. The van der Waals surface area contributed by atoms with Crippen LogP contribution in [0.2, 0.25) is 0 Å². The third kappa shape index (κ3) is 6.88. The number of hydrogen-bond donors (Lipinski definition) is 0. The largest absolute Gasteiger partial charge is 0.466 e. The number of para-hydroxylation sites is 2. The standard InChI is InChI=1S/C78H70BN3O/c1-76(2,3)56-23-25-68(62(35-56)53-15-7-4-8-16-53)81-70-40-61(80(59-19-9-5-10-20-59)60-21-11-6-12-22-60)39-64-66-38-58(78-44-50-30-51(45-78)32-52(31-50)46-78)37-65-63-36-57(77-41-47-27-48(42-77)29-49(28-47)43-77)24-26-69(63)82(73(65)66)79(72(64)70)75-74(81)67-33-54-17-13-14-18-55(54)34-71(67)83-75/h4-26,33-40,47-52H,27-32,41-46H2,1-3H3. The van der Waals surface area contributed by atoms with Crippen LogP contribution in [0, 0.1) is 35.5 Å². The molecule has 4 heterocycles. The topological polar surface area (TPSA) is 24.6 Å². The minimum absolute atomic E-state index is 0.0685. The predicted molar refractivity (Wildman–Crippen MR) is 346 cm³/mol. The summed E-state index contributed by atoms with van der Waals surface area (Å²) in [5, 5.41) is 6.44. The first kappa shape index (κ1) is 47.7. The summed E-state index contributed by atoms with van der Waals surface area (Å²) >= 11 is 0. The highest BCUT2D eigenvalue weighted by Crippen LogP contribution is 2.64. The molecule has 8 saturated carbocycles. The van der Waals surface area contributed by atoms with E-state index in [0.717, 1.165) is 80.6 Å². The van der Waals surface area contributed by atoms with Crippen molar-refractivity contribution in [3.8, 4) is 22.3 Å². The molecule has 2 aliphatic heterocycles. The van der Waals surface area contributed by atoms with Crippen LogP contribution < -0.4 is 20.9 Å². The van der Waals surface area contributed by atoms with Crippen LogP contribution in [0.25, 0.3) is 65.8 Å². The molecular formula is C78H70BN3O. The van der Waals surface area contributed by atoms with E-state index in [9.17, 15) is 0 Å². The maximum Gasteiger partial charge on any atom is 0.375 e. The zero-order valence-electron chi connectivity index (χ0n) is 48.2. The first-order chi connectivity index (χ1) is 40.6. The van der Waals surface area contributed by atoms with Crippen molar-refractivity contribution in [2.45, 2.75) is 114 Å². The minimum atomic E-state index is -0.241. The van der Waals surface area contributed by atoms with E-state index in [2.05, 4.69) is 223 Å². The van der Waals surface area contributed by atoms with Gasteiger partial charge in [-0.2, -0.15) is 0 Å². The van der Waals surface area contributed by atoms with E-state index in [1.807, 2.05) is 0 Å². The molecule has 83 heavy (non-hydrogen) atoms. The van der Waals surface area contributed by atoms with Crippen molar-refractivity contribution in [2.75, 3.05) is 9.80 Å². The fraction of sp³-hybridized carbons (Fsp3) is 0.308. The van der Waals surface area contributed by atoms with Crippen molar-refractivity contribution in [3.05, 3.63) is 205 Å². The average Bonchev–Trinajstić information content (AvgIpc) is 2.51. The highest BCUT2D eigenvalue weighted by molar-refractivity contribution is 6.89. The zero-order valence-corrected chi connectivity index (χ0v) is 48.2. The number of aromatic nitrogens is 1. The second-order valence-electron chi connectivity index (χ2n) is 28.9. The van der Waals surface area contributed by atoms with Crippen LogP contribution in [0.5, 0.6) is 0 Å². The van der Waals surface area contributed by atoms with Crippen molar-refractivity contribution >= 4 is 95.6 Å². The Bertz CT molecular complexity index is 4410. The number of nitrogens with zero attached hydrogens (tertiary/aromatic N) is 3. The Kier molecular flexibility index (Phi) is 9.75. The smallest absolute Gasteiger partial charge is 0.375 e. The molecule has 4 nitrogen and oxygen atoms in total. The number of anilines is 6. The van der Waals surface area contributed by atoms with E-state index >= 15 is 0 Å². The van der Waals surface area contributed by atoms with E-state index in [4.69, 9.17) is 4.42 Å². The van der Waals surface area contributed by atoms with Gasteiger partial charge in [-0.05, 0) is 258 Å². The van der Waals surface area contributed by atoms with Gasteiger partial charge in [0, 0.05) is 61.1 Å². The highest BCUT2D eigenvalue weighted by atomic mass is 16.3. The predicted octanol–water partition coefficient (Wildman–Crippen LogP) is 19.5. The van der Waals surface area contributed by atoms with Crippen LogP contribution in [0.3, 0.4) is 0 Å². The molecule has 0 amide bonds. The monoisotopic (exact) mass is 1080 g/mol. The normalized spacial score (nSPS) is 26.0. The van der Waals surface area contributed by atoms with Crippen molar-refractivity contribution in [1.29, 1.82) is 0 Å². The molecular weight excluding hydrogens is 1010 g/mol. The van der Waals surface area contributed by atoms with Gasteiger partial charge >= 0.3 is 6.85 Å². The lowest BCUT2D eigenvalue weighted by Crippen LogP contribution is -2.56. The fourth-order valence-corrected chi connectivity index (χ4v) is 20.3. The lowest BCUT2D eigenvalue weighted by molar-refractivity contribution is -0.00527. The van der Waals surface area contributed by atoms with Gasteiger partial charge in [-0.1, -0.05) is 124 Å². The average molecular weight is 1080 g/mol. The summed E-state index contributed by atoms with van der Waals surface area (Å²) in [6, 6.07) is 73.1. The molecule has 8 fully saturated rings. The summed E-state index contributed by atoms with van der Waals surface area (Å²) in [6.07, 6.45) is 16.7. The van der Waals surface area contributed by atoms with E-state index in [1.54, 1.807) is 11.1 Å². The van der Waals surface area contributed by atoms with Crippen LogP contribution >= 0.6 is 0 Å².